The molecule has 1 saturated heterocycles. The summed E-state index contributed by atoms with van der Waals surface area (Å²) >= 11 is 0. The maximum absolute atomic E-state index is 15.2. The summed E-state index contributed by atoms with van der Waals surface area (Å²) in [5, 5.41) is 0. The second kappa shape index (κ2) is 21.7. The molecule has 1 heterocycles. The smallest absolute Gasteiger partial charge is 0.410 e. The molecule has 0 aromatic heterocycles. The van der Waals surface area contributed by atoms with Crippen molar-refractivity contribution in [3.05, 3.63) is 72.4 Å². The van der Waals surface area contributed by atoms with E-state index in [1.807, 2.05) is 38.1 Å². The van der Waals surface area contributed by atoms with Crippen LogP contribution in [0.2, 0.25) is 0 Å². The van der Waals surface area contributed by atoms with Crippen molar-refractivity contribution in [2.24, 2.45) is 5.92 Å². The number of hydrogen-bond donors (Lipinski definition) is 0. The highest BCUT2D eigenvalue weighted by molar-refractivity contribution is 5.90. The number of halogens is 1. The minimum atomic E-state index is -1.92. The molecule has 0 N–H and O–H groups in total. The standard InChI is InChI=1S/C43H63FN2O10/c1-13-15-30(14-2)27-53-38(48)29(5)54-39(49)34(24-28(3)4)45(11)37(47)36(25-31-16-18-32(19-17-31)33-20-22-52-23-21-33)55-40(50)35(26-43(9,10)44)46(12)41(51)56-42(6,7)8/h13-19,28-29,33-36H,1-2,20-27H2,3-12H3/b30-15+. The number of carbonyl (C=O) groups excluding carboxylic acids is 5. The molecule has 1 aromatic carbocycles. The number of nitrogens with zero attached hydrogens (tertiary/aromatic N) is 2. The predicted molar refractivity (Wildman–Crippen MR) is 211 cm³/mol. The van der Waals surface area contributed by atoms with E-state index >= 15 is 4.39 Å². The Morgan fingerprint density at radius 1 is 0.893 bits per heavy atom. The number of rotatable bonds is 19. The van der Waals surface area contributed by atoms with Gasteiger partial charge in [0.25, 0.3) is 5.91 Å². The number of esters is 3. The molecule has 1 aromatic rings. The molecule has 0 spiro atoms. The monoisotopic (exact) mass is 786 g/mol. The van der Waals surface area contributed by atoms with Crippen LogP contribution in [-0.2, 0) is 49.3 Å². The van der Waals surface area contributed by atoms with Gasteiger partial charge in [-0.2, -0.15) is 0 Å². The van der Waals surface area contributed by atoms with Gasteiger partial charge < -0.3 is 28.6 Å². The van der Waals surface area contributed by atoms with E-state index in [2.05, 4.69) is 13.2 Å². The van der Waals surface area contributed by atoms with E-state index < -0.39 is 71.9 Å². The summed E-state index contributed by atoms with van der Waals surface area (Å²) < 4.78 is 42.9. The average Bonchev–Trinajstić information content (AvgIpc) is 3.12. The lowest BCUT2D eigenvalue weighted by atomic mass is 9.90. The summed E-state index contributed by atoms with van der Waals surface area (Å²) in [4.78, 5) is 70.1. The highest BCUT2D eigenvalue weighted by Gasteiger charge is 2.41. The summed E-state index contributed by atoms with van der Waals surface area (Å²) in [6.45, 7) is 21.1. The highest BCUT2D eigenvalue weighted by Crippen LogP contribution is 2.28. The Labute approximate surface area is 332 Å². The van der Waals surface area contributed by atoms with Crippen molar-refractivity contribution < 1.29 is 52.0 Å². The number of likely N-dealkylation sites (N-methyl/N-ethyl adjacent to an activating group) is 2. The van der Waals surface area contributed by atoms with Gasteiger partial charge in [-0.3, -0.25) is 9.69 Å². The van der Waals surface area contributed by atoms with E-state index in [-0.39, 0.29) is 25.4 Å². The highest BCUT2D eigenvalue weighted by atomic mass is 19.1. The fraction of sp³-hybridized carbons (Fsp3) is 0.605. The van der Waals surface area contributed by atoms with Crippen LogP contribution in [0.1, 0.15) is 98.1 Å². The number of ether oxygens (including phenoxy) is 5. The molecule has 4 atom stereocenters. The van der Waals surface area contributed by atoms with Gasteiger partial charge in [0, 0.05) is 40.2 Å². The van der Waals surface area contributed by atoms with Gasteiger partial charge in [-0.05, 0) is 89.3 Å². The van der Waals surface area contributed by atoms with Crippen molar-refractivity contribution in [1.82, 2.24) is 9.80 Å². The largest absolute Gasteiger partial charge is 0.458 e. The predicted octanol–water partition coefficient (Wildman–Crippen LogP) is 7.06. The minimum absolute atomic E-state index is 0.0963. The quantitative estimate of drug-likeness (QED) is 0.0815. The van der Waals surface area contributed by atoms with E-state index in [0.717, 1.165) is 28.2 Å². The van der Waals surface area contributed by atoms with Crippen LogP contribution in [0.5, 0.6) is 0 Å². The van der Waals surface area contributed by atoms with Gasteiger partial charge in [0.15, 0.2) is 12.2 Å². The zero-order valence-corrected chi connectivity index (χ0v) is 34.9. The first-order chi connectivity index (χ1) is 26.1. The van der Waals surface area contributed by atoms with Gasteiger partial charge in [-0.1, -0.05) is 69.5 Å². The van der Waals surface area contributed by atoms with Crippen LogP contribution >= 0.6 is 0 Å². The Balaban J connectivity index is 2.47. The van der Waals surface area contributed by atoms with Crippen LogP contribution in [0.4, 0.5) is 9.18 Å². The van der Waals surface area contributed by atoms with E-state index in [0.29, 0.717) is 30.3 Å². The molecule has 0 bridgehead atoms. The molecule has 12 nitrogen and oxygen atoms in total. The Kier molecular flexibility index (Phi) is 18.5. The van der Waals surface area contributed by atoms with Crippen molar-refractivity contribution >= 4 is 29.9 Å². The molecule has 2 amide bonds. The summed E-state index contributed by atoms with van der Waals surface area (Å²) in [7, 11) is 2.69. The molecule has 0 radical (unpaired) electrons. The van der Waals surface area contributed by atoms with Crippen LogP contribution in [0, 0.1) is 5.92 Å². The summed E-state index contributed by atoms with van der Waals surface area (Å²) in [5.74, 6) is -3.23. The molecular formula is C43H63FN2O10. The summed E-state index contributed by atoms with van der Waals surface area (Å²) in [5.41, 5.74) is -0.470. The van der Waals surface area contributed by atoms with Gasteiger partial charge in [0.1, 0.15) is 30.0 Å². The lowest BCUT2D eigenvalue weighted by molar-refractivity contribution is -0.173. The zero-order valence-electron chi connectivity index (χ0n) is 34.9. The fourth-order valence-electron chi connectivity index (χ4n) is 6.01. The van der Waals surface area contributed by atoms with Crippen LogP contribution < -0.4 is 0 Å². The first-order valence-corrected chi connectivity index (χ1v) is 19.2. The van der Waals surface area contributed by atoms with E-state index in [1.54, 1.807) is 26.8 Å². The Morgan fingerprint density at radius 2 is 1.48 bits per heavy atom. The van der Waals surface area contributed by atoms with Crippen LogP contribution in [0.25, 0.3) is 0 Å². The molecule has 312 valence electrons. The minimum Gasteiger partial charge on any atom is -0.458 e. The van der Waals surface area contributed by atoms with E-state index in [9.17, 15) is 24.0 Å². The van der Waals surface area contributed by atoms with Gasteiger partial charge in [0.05, 0.1) is 0 Å². The van der Waals surface area contributed by atoms with Gasteiger partial charge in [-0.15, -0.1) is 0 Å². The zero-order chi connectivity index (χ0) is 42.4. The molecule has 2 rings (SSSR count). The van der Waals surface area contributed by atoms with Crippen LogP contribution in [0.3, 0.4) is 0 Å². The Hall–Kier alpha value is -4.52. The number of alkyl halides is 1. The molecule has 1 aliphatic heterocycles. The van der Waals surface area contributed by atoms with E-state index in [4.69, 9.17) is 23.7 Å². The summed E-state index contributed by atoms with van der Waals surface area (Å²) in [6, 6.07) is 4.98. The van der Waals surface area contributed by atoms with Crippen LogP contribution in [0.15, 0.2) is 61.2 Å². The molecule has 0 saturated carbocycles. The van der Waals surface area contributed by atoms with Gasteiger partial charge in [-0.25, -0.2) is 23.6 Å². The lowest BCUT2D eigenvalue weighted by Gasteiger charge is -2.34. The molecular weight excluding hydrogens is 723 g/mol. The number of hydrogen-bond acceptors (Lipinski definition) is 10. The fourth-order valence-corrected chi connectivity index (χ4v) is 6.01. The molecule has 0 aliphatic carbocycles. The average molecular weight is 787 g/mol. The summed E-state index contributed by atoms with van der Waals surface area (Å²) in [6.07, 6.45) is 2.31. The number of benzene rings is 1. The molecule has 4 unspecified atom stereocenters. The van der Waals surface area contributed by atoms with E-state index in [1.165, 1.54) is 47.0 Å². The Bertz CT molecular complexity index is 1540. The number of amides is 2. The first-order valence-electron chi connectivity index (χ1n) is 19.2. The van der Waals surface area contributed by atoms with Crippen molar-refractivity contribution in [2.75, 3.05) is 33.9 Å². The van der Waals surface area contributed by atoms with Crippen LogP contribution in [-0.4, -0.2) is 109 Å². The van der Waals surface area contributed by atoms with Gasteiger partial charge in [0.2, 0.25) is 0 Å². The van der Waals surface area contributed by atoms with Crippen molar-refractivity contribution in [1.29, 1.82) is 0 Å². The molecule has 1 aliphatic rings. The number of carbonyl (C=O) groups is 5. The molecule has 56 heavy (non-hydrogen) atoms. The number of allylic oxidation sites excluding steroid dienone is 2. The van der Waals surface area contributed by atoms with Crippen molar-refractivity contribution in [3.8, 4) is 0 Å². The normalized spacial score (nSPS) is 16.1. The SMILES string of the molecule is C=C/C=C(\C=C)COC(=O)C(C)OC(=O)C(CC(C)C)N(C)C(=O)C(Cc1ccc(C2CCOCC2)cc1)OC(=O)C(CC(C)(C)F)N(C)C(=O)OC(C)(C)C. The topological polar surface area (TPSA) is 138 Å². The lowest BCUT2D eigenvalue weighted by Crippen LogP contribution is -2.52. The maximum Gasteiger partial charge on any atom is 0.410 e. The molecule has 13 heteroatoms. The third-order valence-corrected chi connectivity index (χ3v) is 9.11. The third-order valence-electron chi connectivity index (χ3n) is 9.11. The molecule has 1 fully saturated rings. The maximum atomic E-state index is 15.2. The first kappa shape index (κ1) is 47.6. The third kappa shape index (κ3) is 15.9. The second-order valence-electron chi connectivity index (χ2n) is 16.3. The Morgan fingerprint density at radius 3 is 2.00 bits per heavy atom. The second-order valence-corrected chi connectivity index (χ2v) is 16.3. The van der Waals surface area contributed by atoms with Gasteiger partial charge >= 0.3 is 24.0 Å². The van der Waals surface area contributed by atoms with Crippen molar-refractivity contribution in [3.63, 3.8) is 0 Å². The van der Waals surface area contributed by atoms with Crippen molar-refractivity contribution in [2.45, 2.75) is 129 Å².